The maximum Gasteiger partial charge on any atom is 0.0849 e. The number of aliphatic hydroxyl groups excluding tert-OH is 1. The molecule has 0 aromatic heterocycles. The van der Waals surface area contributed by atoms with Gasteiger partial charge < -0.3 is 5.11 Å². The maximum atomic E-state index is 12.6. The zero-order valence-electron chi connectivity index (χ0n) is 11.6. The van der Waals surface area contributed by atoms with Gasteiger partial charge in [-0.15, -0.1) is 0 Å². The Morgan fingerprint density at radius 2 is 1.70 bits per heavy atom. The summed E-state index contributed by atoms with van der Waals surface area (Å²) in [5, 5.41) is 9.90. The first-order chi connectivity index (χ1) is 9.58. The third-order valence-corrected chi connectivity index (χ3v) is 4.56. The van der Waals surface area contributed by atoms with E-state index in [1.807, 2.05) is 61.5 Å². The Hall–Kier alpha value is -1.71. The monoisotopic (exact) mass is 286 g/mol. The van der Waals surface area contributed by atoms with Crippen molar-refractivity contribution in [2.75, 3.05) is 0 Å². The van der Waals surface area contributed by atoms with E-state index in [-0.39, 0.29) is 0 Å². The van der Waals surface area contributed by atoms with Crippen LogP contribution in [0.25, 0.3) is 6.08 Å². The summed E-state index contributed by atoms with van der Waals surface area (Å²) in [6, 6.07) is 17.1. The molecule has 2 atom stereocenters. The quantitative estimate of drug-likeness (QED) is 0.933. The van der Waals surface area contributed by atoms with Crippen LogP contribution in [0.2, 0.25) is 0 Å². The van der Waals surface area contributed by atoms with Gasteiger partial charge in [-0.3, -0.25) is 0 Å². The summed E-state index contributed by atoms with van der Waals surface area (Å²) in [5.74, 6) is 0. The minimum absolute atomic E-state index is 0.514. The Bertz CT molecular complexity index is 613. The Morgan fingerprint density at radius 1 is 1.10 bits per heavy atom. The average Bonchev–Trinajstić information content (AvgIpc) is 2.45. The van der Waals surface area contributed by atoms with Crippen LogP contribution >= 0.6 is 0 Å². The molecule has 2 rings (SSSR count). The number of rotatable bonds is 4. The summed E-state index contributed by atoms with van der Waals surface area (Å²) in [4.78, 5) is 1.22. The first-order valence-corrected chi connectivity index (χ1v) is 7.66. The van der Waals surface area contributed by atoms with Crippen molar-refractivity contribution in [1.29, 1.82) is 0 Å². The normalized spacial score (nSPS) is 14.8. The molecule has 0 saturated carbocycles. The standard InChI is InChI=1S/C17H18O2S/c1-13-8-10-16(11-9-13)20(19)17(14(2)18)12-15-6-4-3-5-7-15/h3-12,14,18H,1-2H3/b17-12+/t14-,20?/m0/s1. The highest BCUT2D eigenvalue weighted by atomic mass is 32.2. The van der Waals surface area contributed by atoms with Gasteiger partial charge in [-0.25, -0.2) is 4.21 Å². The molecule has 2 aromatic carbocycles. The lowest BCUT2D eigenvalue weighted by atomic mass is 10.2. The first kappa shape index (κ1) is 14.7. The van der Waals surface area contributed by atoms with E-state index in [1.54, 1.807) is 13.0 Å². The highest BCUT2D eigenvalue weighted by molar-refractivity contribution is 7.89. The summed E-state index contributed by atoms with van der Waals surface area (Å²) < 4.78 is 12.6. The molecular formula is C17H18O2S. The number of benzene rings is 2. The summed E-state index contributed by atoms with van der Waals surface area (Å²) in [6.45, 7) is 3.63. The van der Waals surface area contributed by atoms with Crippen molar-refractivity contribution in [2.45, 2.75) is 24.8 Å². The lowest BCUT2D eigenvalue weighted by Gasteiger charge is -2.11. The fraction of sp³-hybridized carbons (Fsp3) is 0.176. The van der Waals surface area contributed by atoms with Gasteiger partial charge in [0, 0.05) is 4.90 Å². The van der Waals surface area contributed by atoms with Crippen LogP contribution in [-0.2, 0) is 10.8 Å². The molecule has 3 heteroatoms. The van der Waals surface area contributed by atoms with Gasteiger partial charge in [0.05, 0.1) is 21.8 Å². The van der Waals surface area contributed by atoms with Gasteiger partial charge in [0.25, 0.3) is 0 Å². The zero-order valence-corrected chi connectivity index (χ0v) is 12.4. The molecule has 0 spiro atoms. The van der Waals surface area contributed by atoms with Gasteiger partial charge in [0.2, 0.25) is 0 Å². The highest BCUT2D eigenvalue weighted by Crippen LogP contribution is 2.20. The Balaban J connectivity index is 2.36. The molecule has 2 aromatic rings. The maximum absolute atomic E-state index is 12.6. The lowest BCUT2D eigenvalue weighted by Crippen LogP contribution is -2.10. The van der Waals surface area contributed by atoms with Crippen molar-refractivity contribution in [3.05, 3.63) is 70.6 Å². The van der Waals surface area contributed by atoms with Crippen molar-refractivity contribution in [2.24, 2.45) is 0 Å². The van der Waals surface area contributed by atoms with E-state index in [4.69, 9.17) is 0 Å². The number of aryl methyl sites for hydroxylation is 1. The number of hydrogen-bond acceptors (Lipinski definition) is 2. The van der Waals surface area contributed by atoms with Gasteiger partial charge in [-0.1, -0.05) is 48.0 Å². The minimum atomic E-state index is -1.35. The van der Waals surface area contributed by atoms with Gasteiger partial charge in [-0.05, 0) is 37.6 Å². The molecule has 1 N–H and O–H groups in total. The van der Waals surface area contributed by atoms with Crippen LogP contribution in [0.4, 0.5) is 0 Å². The van der Waals surface area contributed by atoms with Crippen molar-refractivity contribution >= 4 is 16.9 Å². The third-order valence-electron chi connectivity index (χ3n) is 2.97. The van der Waals surface area contributed by atoms with Crippen molar-refractivity contribution < 1.29 is 9.32 Å². The van der Waals surface area contributed by atoms with E-state index in [2.05, 4.69) is 0 Å². The van der Waals surface area contributed by atoms with Crippen molar-refractivity contribution in [1.82, 2.24) is 0 Å². The molecule has 104 valence electrons. The van der Waals surface area contributed by atoms with E-state index < -0.39 is 16.9 Å². The molecule has 2 nitrogen and oxygen atoms in total. The summed E-state index contributed by atoms with van der Waals surface area (Å²) in [7, 11) is -1.35. The van der Waals surface area contributed by atoms with Crippen LogP contribution in [0.15, 0.2) is 64.4 Å². The first-order valence-electron chi connectivity index (χ1n) is 6.51. The second-order valence-corrected chi connectivity index (χ2v) is 6.20. The topological polar surface area (TPSA) is 37.3 Å². The van der Waals surface area contributed by atoms with Crippen LogP contribution in [0.5, 0.6) is 0 Å². The van der Waals surface area contributed by atoms with Crippen LogP contribution in [0, 0.1) is 6.92 Å². The van der Waals surface area contributed by atoms with Crippen LogP contribution in [-0.4, -0.2) is 15.4 Å². The van der Waals surface area contributed by atoms with E-state index in [0.717, 1.165) is 11.1 Å². The zero-order chi connectivity index (χ0) is 14.5. The number of hydrogen-bond donors (Lipinski definition) is 1. The number of aliphatic hydroxyl groups is 1. The van der Waals surface area contributed by atoms with E-state index in [1.165, 1.54) is 0 Å². The molecule has 0 bridgehead atoms. The minimum Gasteiger partial charge on any atom is -0.388 e. The molecule has 0 aliphatic heterocycles. The largest absolute Gasteiger partial charge is 0.388 e. The predicted molar refractivity (Wildman–Crippen MR) is 83.7 cm³/mol. The summed E-state index contributed by atoms with van der Waals surface area (Å²) in [5.41, 5.74) is 2.06. The van der Waals surface area contributed by atoms with Gasteiger partial charge in [-0.2, -0.15) is 0 Å². The fourth-order valence-corrected chi connectivity index (χ4v) is 3.05. The van der Waals surface area contributed by atoms with Crippen LogP contribution in [0.1, 0.15) is 18.1 Å². The SMILES string of the molecule is Cc1ccc(S(=O)/C(=C/c2ccccc2)[C@H](C)O)cc1. The molecule has 0 radical (unpaired) electrons. The molecule has 0 aliphatic carbocycles. The average molecular weight is 286 g/mol. The van der Waals surface area contributed by atoms with Gasteiger partial charge in [0.15, 0.2) is 0 Å². The fourth-order valence-electron chi connectivity index (χ4n) is 1.84. The summed E-state index contributed by atoms with van der Waals surface area (Å²) in [6.07, 6.45) is 1.04. The van der Waals surface area contributed by atoms with Crippen molar-refractivity contribution in [3.63, 3.8) is 0 Å². The molecule has 0 amide bonds. The Labute approximate surface area is 122 Å². The van der Waals surface area contributed by atoms with E-state index in [0.29, 0.717) is 9.80 Å². The van der Waals surface area contributed by atoms with Gasteiger partial charge >= 0.3 is 0 Å². The van der Waals surface area contributed by atoms with Crippen molar-refractivity contribution in [3.8, 4) is 0 Å². The molecular weight excluding hydrogens is 268 g/mol. The van der Waals surface area contributed by atoms with E-state index in [9.17, 15) is 9.32 Å². The Kier molecular flexibility index (Phi) is 4.88. The molecule has 0 saturated heterocycles. The van der Waals surface area contributed by atoms with Gasteiger partial charge in [0.1, 0.15) is 0 Å². The molecule has 0 fully saturated rings. The molecule has 0 heterocycles. The predicted octanol–water partition coefficient (Wildman–Crippen LogP) is 3.52. The smallest absolute Gasteiger partial charge is 0.0849 e. The lowest BCUT2D eigenvalue weighted by molar-refractivity contribution is 0.240. The second-order valence-electron chi connectivity index (χ2n) is 4.72. The third kappa shape index (κ3) is 3.65. The van der Waals surface area contributed by atoms with Crippen LogP contribution < -0.4 is 0 Å². The van der Waals surface area contributed by atoms with Crippen LogP contribution in [0.3, 0.4) is 0 Å². The Morgan fingerprint density at radius 3 is 2.25 bits per heavy atom. The highest BCUT2D eigenvalue weighted by Gasteiger charge is 2.15. The molecule has 20 heavy (non-hydrogen) atoms. The molecule has 0 aliphatic rings. The summed E-state index contributed by atoms with van der Waals surface area (Å²) >= 11 is 0. The second kappa shape index (κ2) is 6.64. The van der Waals surface area contributed by atoms with E-state index >= 15 is 0 Å². The molecule has 1 unspecified atom stereocenters.